The number of aliphatic hydroxyl groups is 3. The van der Waals surface area contributed by atoms with Crippen LogP contribution in [0.2, 0.25) is 0 Å². The molecule has 2 fully saturated rings. The van der Waals surface area contributed by atoms with Crippen molar-refractivity contribution in [1.29, 1.82) is 0 Å². The first-order valence-electron chi connectivity index (χ1n) is 9.10. The van der Waals surface area contributed by atoms with Crippen LogP contribution in [0.25, 0.3) is 0 Å². The van der Waals surface area contributed by atoms with E-state index in [9.17, 15) is 15.3 Å². The molecule has 0 spiro atoms. The van der Waals surface area contributed by atoms with Crippen molar-refractivity contribution in [2.24, 2.45) is 0 Å². The molecule has 26 heavy (non-hydrogen) atoms. The van der Waals surface area contributed by atoms with Gasteiger partial charge in [-0.15, -0.1) is 0 Å². The van der Waals surface area contributed by atoms with Crippen LogP contribution in [0.3, 0.4) is 0 Å². The Morgan fingerprint density at radius 2 is 1.58 bits per heavy atom. The zero-order valence-corrected chi connectivity index (χ0v) is 15.1. The van der Waals surface area contributed by atoms with Crippen molar-refractivity contribution in [3.63, 3.8) is 0 Å². The van der Waals surface area contributed by atoms with E-state index in [1.54, 1.807) is 6.92 Å². The molecule has 2 heterocycles. The molecule has 3 N–H and O–H groups in total. The molecule has 0 unspecified atom stereocenters. The molecular formula is C19H28O7. The smallest absolute Gasteiger partial charge is 0.161 e. The van der Waals surface area contributed by atoms with Crippen molar-refractivity contribution >= 4 is 0 Å². The predicted octanol–water partition coefficient (Wildman–Crippen LogP) is 0.941. The van der Waals surface area contributed by atoms with Gasteiger partial charge in [-0.1, -0.05) is 30.3 Å². The van der Waals surface area contributed by atoms with Gasteiger partial charge in [0.05, 0.1) is 31.0 Å². The molecule has 1 aromatic carbocycles. The van der Waals surface area contributed by atoms with Gasteiger partial charge < -0.3 is 34.3 Å². The Bertz CT molecular complexity index is 530. The highest BCUT2D eigenvalue weighted by atomic mass is 16.7. The van der Waals surface area contributed by atoms with Crippen molar-refractivity contribution in [3.8, 4) is 0 Å². The Morgan fingerprint density at radius 1 is 0.923 bits per heavy atom. The van der Waals surface area contributed by atoms with Gasteiger partial charge in [0.1, 0.15) is 12.2 Å². The maximum Gasteiger partial charge on any atom is 0.161 e. The van der Waals surface area contributed by atoms with Crippen LogP contribution in [0.1, 0.15) is 32.3 Å². The number of ether oxygens (including phenoxy) is 4. The molecule has 146 valence electrons. The first kappa shape index (κ1) is 19.7. The number of benzene rings is 1. The van der Waals surface area contributed by atoms with Gasteiger partial charge in [-0.3, -0.25) is 0 Å². The standard InChI is InChI=1S/C19H28O7/c1-11-18(22)14(20)8-17(24-11)26-19-12(2)25-16(9-15(19)21)23-10-13-6-4-3-5-7-13/h3-7,11-12,14-22H,8-10H2,1-2H3/t11-,12-,14+,15+,16-,17+,18-,19-/m1/s1. The second-order valence-corrected chi connectivity index (χ2v) is 7.04. The summed E-state index contributed by atoms with van der Waals surface area (Å²) in [4.78, 5) is 0. The largest absolute Gasteiger partial charge is 0.390 e. The summed E-state index contributed by atoms with van der Waals surface area (Å²) in [6, 6.07) is 9.76. The lowest BCUT2D eigenvalue weighted by Crippen LogP contribution is -2.54. The molecule has 2 aliphatic heterocycles. The van der Waals surface area contributed by atoms with Crippen molar-refractivity contribution in [1.82, 2.24) is 0 Å². The van der Waals surface area contributed by atoms with Gasteiger partial charge in [-0.05, 0) is 19.4 Å². The Kier molecular flexibility index (Phi) is 6.63. The van der Waals surface area contributed by atoms with Crippen LogP contribution < -0.4 is 0 Å². The maximum atomic E-state index is 10.5. The minimum absolute atomic E-state index is 0.148. The second-order valence-electron chi connectivity index (χ2n) is 7.04. The fraction of sp³-hybridized carbons (Fsp3) is 0.684. The summed E-state index contributed by atoms with van der Waals surface area (Å²) in [5.74, 6) is 0. The van der Waals surface area contributed by atoms with Gasteiger partial charge in [0.2, 0.25) is 0 Å². The third-order valence-corrected chi connectivity index (χ3v) is 4.91. The monoisotopic (exact) mass is 368 g/mol. The predicted molar refractivity (Wildman–Crippen MR) is 92.0 cm³/mol. The van der Waals surface area contributed by atoms with Gasteiger partial charge >= 0.3 is 0 Å². The van der Waals surface area contributed by atoms with Crippen LogP contribution in [0.4, 0.5) is 0 Å². The fourth-order valence-electron chi connectivity index (χ4n) is 3.38. The molecule has 0 saturated carbocycles. The molecular weight excluding hydrogens is 340 g/mol. The highest BCUT2D eigenvalue weighted by molar-refractivity contribution is 5.13. The molecule has 3 rings (SSSR count). The molecule has 0 amide bonds. The molecule has 2 aliphatic rings. The Balaban J connectivity index is 1.50. The summed E-state index contributed by atoms with van der Waals surface area (Å²) in [6.07, 6.45) is -4.93. The van der Waals surface area contributed by atoms with Crippen LogP contribution in [0.15, 0.2) is 30.3 Å². The van der Waals surface area contributed by atoms with E-state index in [2.05, 4.69) is 0 Å². The summed E-state index contributed by atoms with van der Waals surface area (Å²) >= 11 is 0. The minimum atomic E-state index is -0.935. The van der Waals surface area contributed by atoms with Gasteiger partial charge in [0, 0.05) is 12.8 Å². The van der Waals surface area contributed by atoms with Gasteiger partial charge in [-0.2, -0.15) is 0 Å². The van der Waals surface area contributed by atoms with Gasteiger partial charge in [0.15, 0.2) is 12.6 Å². The maximum absolute atomic E-state index is 10.5. The van der Waals surface area contributed by atoms with E-state index in [4.69, 9.17) is 18.9 Å². The van der Waals surface area contributed by atoms with Crippen molar-refractivity contribution < 1.29 is 34.3 Å². The fourth-order valence-corrected chi connectivity index (χ4v) is 3.38. The molecule has 0 aliphatic carbocycles. The average molecular weight is 368 g/mol. The summed E-state index contributed by atoms with van der Waals surface area (Å²) < 4.78 is 23.0. The van der Waals surface area contributed by atoms with Crippen LogP contribution in [0, 0.1) is 0 Å². The molecule has 1 aromatic rings. The Labute approximate surface area is 153 Å². The summed E-state index contributed by atoms with van der Waals surface area (Å²) in [5.41, 5.74) is 1.04. The summed E-state index contributed by atoms with van der Waals surface area (Å²) in [5, 5.41) is 30.1. The molecule has 0 aromatic heterocycles. The van der Waals surface area contributed by atoms with Crippen LogP contribution in [0.5, 0.6) is 0 Å². The first-order valence-corrected chi connectivity index (χ1v) is 9.10. The lowest BCUT2D eigenvalue weighted by Gasteiger charge is -2.42. The Hall–Kier alpha value is -1.06. The third-order valence-electron chi connectivity index (χ3n) is 4.91. The molecule has 0 bridgehead atoms. The summed E-state index contributed by atoms with van der Waals surface area (Å²) in [6.45, 7) is 3.89. The number of hydrogen-bond donors (Lipinski definition) is 3. The third kappa shape index (κ3) is 4.80. The summed E-state index contributed by atoms with van der Waals surface area (Å²) in [7, 11) is 0. The number of aliphatic hydroxyl groups excluding tert-OH is 3. The molecule has 7 heteroatoms. The SMILES string of the molecule is C[C@H]1O[C@@H](O[C@H]2[C@@H](O)C[C@H](OCc3ccccc3)O[C@@H]2C)C[C@H](O)[C@@H]1O. The van der Waals surface area contributed by atoms with Crippen LogP contribution in [-0.2, 0) is 25.6 Å². The van der Waals surface area contributed by atoms with Crippen molar-refractivity contribution in [2.75, 3.05) is 0 Å². The average Bonchev–Trinajstić information content (AvgIpc) is 2.62. The lowest BCUT2D eigenvalue weighted by atomic mass is 10.0. The van der Waals surface area contributed by atoms with Gasteiger partial charge in [0.25, 0.3) is 0 Å². The zero-order valence-electron chi connectivity index (χ0n) is 15.1. The molecule has 2 saturated heterocycles. The van der Waals surface area contributed by atoms with E-state index in [0.717, 1.165) is 5.56 Å². The molecule has 8 atom stereocenters. The van der Waals surface area contributed by atoms with E-state index in [0.29, 0.717) is 6.61 Å². The molecule has 0 radical (unpaired) electrons. The van der Waals surface area contributed by atoms with E-state index >= 15 is 0 Å². The first-order chi connectivity index (χ1) is 12.4. The van der Waals surface area contributed by atoms with E-state index in [1.807, 2.05) is 37.3 Å². The highest BCUT2D eigenvalue weighted by Crippen LogP contribution is 2.28. The van der Waals surface area contributed by atoms with Crippen LogP contribution >= 0.6 is 0 Å². The normalized spacial score (nSPS) is 41.1. The van der Waals surface area contributed by atoms with Crippen molar-refractivity contribution in [2.45, 2.75) is 82.5 Å². The van der Waals surface area contributed by atoms with E-state index in [1.165, 1.54) is 0 Å². The van der Waals surface area contributed by atoms with Crippen LogP contribution in [-0.4, -0.2) is 64.5 Å². The zero-order chi connectivity index (χ0) is 18.7. The number of hydrogen-bond acceptors (Lipinski definition) is 7. The van der Waals surface area contributed by atoms with E-state index < -0.39 is 49.2 Å². The number of rotatable bonds is 5. The quantitative estimate of drug-likeness (QED) is 0.712. The topological polar surface area (TPSA) is 97.6 Å². The van der Waals surface area contributed by atoms with E-state index in [-0.39, 0.29) is 12.8 Å². The van der Waals surface area contributed by atoms with Gasteiger partial charge in [-0.25, -0.2) is 0 Å². The van der Waals surface area contributed by atoms with Crippen molar-refractivity contribution in [3.05, 3.63) is 35.9 Å². The lowest BCUT2D eigenvalue weighted by molar-refractivity contribution is -0.312. The second kappa shape index (κ2) is 8.75. The Morgan fingerprint density at radius 3 is 2.23 bits per heavy atom. The highest BCUT2D eigenvalue weighted by Gasteiger charge is 2.41. The minimum Gasteiger partial charge on any atom is -0.390 e. The molecule has 7 nitrogen and oxygen atoms in total.